The van der Waals surface area contributed by atoms with Crippen molar-refractivity contribution in [2.75, 3.05) is 24.5 Å². The standard InChI is InChI=1S/C19H23FN4O3S/c1-2-23-28(26,27)15-5-6-17(20)16(12-15)19(25)22-13-14-7-8-21-18(11-14)24-9-3-4-10-24/h5-8,11-12,23H,2-4,9-10,13H2,1H3,(H,22,25). The van der Waals surface area contributed by atoms with Crippen LogP contribution in [0.4, 0.5) is 10.2 Å². The van der Waals surface area contributed by atoms with Crippen molar-refractivity contribution in [2.45, 2.75) is 31.2 Å². The molecule has 0 aliphatic carbocycles. The van der Waals surface area contributed by atoms with Crippen molar-refractivity contribution in [1.82, 2.24) is 15.0 Å². The molecular weight excluding hydrogens is 383 g/mol. The van der Waals surface area contributed by atoms with Gasteiger partial charge in [-0.25, -0.2) is 22.5 Å². The predicted octanol–water partition coefficient (Wildman–Crippen LogP) is 2.05. The molecule has 0 saturated carbocycles. The zero-order valence-corrected chi connectivity index (χ0v) is 16.4. The minimum absolute atomic E-state index is 0.152. The molecule has 0 atom stereocenters. The summed E-state index contributed by atoms with van der Waals surface area (Å²) < 4.78 is 40.6. The topological polar surface area (TPSA) is 91.4 Å². The Labute approximate surface area is 164 Å². The van der Waals surface area contributed by atoms with Gasteiger partial charge in [-0.2, -0.15) is 0 Å². The summed E-state index contributed by atoms with van der Waals surface area (Å²) in [5.74, 6) is -0.597. The monoisotopic (exact) mass is 406 g/mol. The van der Waals surface area contributed by atoms with Gasteiger partial charge >= 0.3 is 0 Å². The third-order valence-electron chi connectivity index (χ3n) is 4.52. The number of nitrogens with zero attached hydrogens (tertiary/aromatic N) is 2. The van der Waals surface area contributed by atoms with E-state index in [-0.39, 0.29) is 23.5 Å². The van der Waals surface area contributed by atoms with Crippen LogP contribution in [-0.2, 0) is 16.6 Å². The molecule has 1 saturated heterocycles. The average Bonchev–Trinajstić information content (AvgIpc) is 3.21. The van der Waals surface area contributed by atoms with Crippen LogP contribution in [0.25, 0.3) is 0 Å². The van der Waals surface area contributed by atoms with Crippen LogP contribution in [0.2, 0.25) is 0 Å². The van der Waals surface area contributed by atoms with Crippen molar-refractivity contribution in [2.24, 2.45) is 0 Å². The van der Waals surface area contributed by atoms with Gasteiger partial charge in [-0.05, 0) is 48.7 Å². The molecule has 1 fully saturated rings. The van der Waals surface area contributed by atoms with Crippen LogP contribution in [0.3, 0.4) is 0 Å². The number of benzene rings is 1. The molecule has 2 heterocycles. The minimum atomic E-state index is -3.78. The number of rotatable bonds is 7. The van der Waals surface area contributed by atoms with Gasteiger partial charge in [0.1, 0.15) is 11.6 Å². The van der Waals surface area contributed by atoms with Gasteiger partial charge in [-0.1, -0.05) is 6.92 Å². The highest BCUT2D eigenvalue weighted by Crippen LogP contribution is 2.19. The van der Waals surface area contributed by atoms with E-state index in [1.54, 1.807) is 19.2 Å². The van der Waals surface area contributed by atoms with Crippen LogP contribution < -0.4 is 14.9 Å². The predicted molar refractivity (Wildman–Crippen MR) is 104 cm³/mol. The van der Waals surface area contributed by atoms with Crippen molar-refractivity contribution in [1.29, 1.82) is 0 Å². The van der Waals surface area contributed by atoms with E-state index >= 15 is 0 Å². The highest BCUT2D eigenvalue weighted by Gasteiger charge is 2.19. The summed E-state index contributed by atoms with van der Waals surface area (Å²) in [4.78, 5) is 18.8. The molecule has 1 aromatic heterocycles. The third kappa shape index (κ3) is 4.66. The van der Waals surface area contributed by atoms with Crippen molar-refractivity contribution in [3.8, 4) is 0 Å². The first-order valence-corrected chi connectivity index (χ1v) is 10.7. The molecule has 1 aliphatic heterocycles. The molecule has 2 aromatic rings. The van der Waals surface area contributed by atoms with Gasteiger partial charge in [0.25, 0.3) is 5.91 Å². The number of nitrogens with one attached hydrogen (secondary N) is 2. The van der Waals surface area contributed by atoms with Crippen molar-refractivity contribution in [3.05, 3.63) is 53.5 Å². The van der Waals surface area contributed by atoms with Gasteiger partial charge in [0.15, 0.2) is 0 Å². The number of anilines is 1. The van der Waals surface area contributed by atoms with E-state index in [0.29, 0.717) is 0 Å². The summed E-state index contributed by atoms with van der Waals surface area (Å²) in [6.45, 7) is 3.94. The Hall–Kier alpha value is -2.52. The second-order valence-electron chi connectivity index (χ2n) is 6.54. The molecule has 7 nitrogen and oxygen atoms in total. The lowest BCUT2D eigenvalue weighted by Crippen LogP contribution is -2.26. The second-order valence-corrected chi connectivity index (χ2v) is 8.31. The van der Waals surface area contributed by atoms with E-state index in [1.807, 2.05) is 6.07 Å². The van der Waals surface area contributed by atoms with Crippen LogP contribution in [0.1, 0.15) is 35.7 Å². The largest absolute Gasteiger partial charge is 0.357 e. The van der Waals surface area contributed by atoms with Gasteiger partial charge < -0.3 is 10.2 Å². The Morgan fingerprint density at radius 2 is 1.96 bits per heavy atom. The Kier molecular flexibility index (Phi) is 6.25. The number of carbonyl (C=O) groups is 1. The van der Waals surface area contributed by atoms with Crippen LogP contribution in [0.15, 0.2) is 41.4 Å². The third-order valence-corrected chi connectivity index (χ3v) is 6.06. The van der Waals surface area contributed by atoms with Crippen molar-refractivity contribution >= 4 is 21.7 Å². The summed E-state index contributed by atoms with van der Waals surface area (Å²) in [5, 5.41) is 2.64. The lowest BCUT2D eigenvalue weighted by molar-refractivity contribution is 0.0946. The number of halogens is 1. The maximum absolute atomic E-state index is 14.1. The number of sulfonamides is 1. The summed E-state index contributed by atoms with van der Waals surface area (Å²) in [6, 6.07) is 6.84. The fourth-order valence-electron chi connectivity index (χ4n) is 3.09. The molecular formula is C19H23FN4O3S. The fourth-order valence-corrected chi connectivity index (χ4v) is 4.15. The Balaban J connectivity index is 1.72. The zero-order chi connectivity index (χ0) is 20.1. The number of pyridine rings is 1. The number of carbonyl (C=O) groups excluding carboxylic acids is 1. The van der Waals surface area contributed by atoms with E-state index < -0.39 is 21.7 Å². The molecule has 0 radical (unpaired) electrons. The molecule has 150 valence electrons. The van der Waals surface area contributed by atoms with Crippen molar-refractivity contribution < 1.29 is 17.6 Å². The summed E-state index contributed by atoms with van der Waals surface area (Å²) in [6.07, 6.45) is 3.95. The lowest BCUT2D eigenvalue weighted by atomic mass is 10.2. The zero-order valence-electron chi connectivity index (χ0n) is 15.6. The number of hydrogen-bond acceptors (Lipinski definition) is 5. The SMILES string of the molecule is CCNS(=O)(=O)c1ccc(F)c(C(=O)NCc2ccnc(N3CCCC3)c2)c1. The second kappa shape index (κ2) is 8.66. The maximum Gasteiger partial charge on any atom is 0.254 e. The smallest absolute Gasteiger partial charge is 0.254 e. The molecule has 3 rings (SSSR count). The molecule has 9 heteroatoms. The molecule has 1 aliphatic rings. The Bertz CT molecular complexity index is 959. The van der Waals surface area contributed by atoms with Crippen LogP contribution in [0, 0.1) is 5.82 Å². The Morgan fingerprint density at radius 3 is 2.68 bits per heavy atom. The molecule has 2 N–H and O–H groups in total. The van der Waals surface area contributed by atoms with E-state index in [1.165, 1.54) is 0 Å². The maximum atomic E-state index is 14.1. The highest BCUT2D eigenvalue weighted by atomic mass is 32.2. The summed E-state index contributed by atoms with van der Waals surface area (Å²) >= 11 is 0. The van der Waals surface area contributed by atoms with Crippen LogP contribution >= 0.6 is 0 Å². The van der Waals surface area contributed by atoms with Gasteiger partial charge in [0.2, 0.25) is 10.0 Å². The van der Waals surface area contributed by atoms with E-state index in [2.05, 4.69) is 19.9 Å². The first kappa shape index (κ1) is 20.2. The van der Waals surface area contributed by atoms with Crippen LogP contribution in [-0.4, -0.2) is 38.9 Å². The summed E-state index contributed by atoms with van der Waals surface area (Å²) in [7, 11) is -3.78. The highest BCUT2D eigenvalue weighted by molar-refractivity contribution is 7.89. The molecule has 0 bridgehead atoms. The molecule has 0 spiro atoms. The summed E-state index contributed by atoms with van der Waals surface area (Å²) in [5.41, 5.74) is 0.523. The van der Waals surface area contributed by atoms with Crippen LogP contribution in [0.5, 0.6) is 0 Å². The number of aromatic nitrogens is 1. The van der Waals surface area contributed by atoms with Crippen molar-refractivity contribution in [3.63, 3.8) is 0 Å². The van der Waals surface area contributed by atoms with E-state index in [0.717, 1.165) is 55.5 Å². The minimum Gasteiger partial charge on any atom is -0.357 e. The van der Waals surface area contributed by atoms with Gasteiger partial charge in [0, 0.05) is 32.4 Å². The first-order chi connectivity index (χ1) is 13.4. The van der Waals surface area contributed by atoms with Gasteiger partial charge in [-0.3, -0.25) is 4.79 Å². The van der Waals surface area contributed by atoms with E-state index in [4.69, 9.17) is 0 Å². The molecule has 1 aromatic carbocycles. The first-order valence-electron chi connectivity index (χ1n) is 9.18. The number of amides is 1. The fraction of sp³-hybridized carbons (Fsp3) is 0.368. The quantitative estimate of drug-likeness (QED) is 0.734. The normalized spacial score (nSPS) is 14.3. The number of hydrogen-bond donors (Lipinski definition) is 2. The van der Waals surface area contributed by atoms with E-state index in [9.17, 15) is 17.6 Å². The van der Waals surface area contributed by atoms with Gasteiger partial charge in [-0.15, -0.1) is 0 Å². The average molecular weight is 406 g/mol. The Morgan fingerprint density at radius 1 is 1.21 bits per heavy atom. The molecule has 0 unspecified atom stereocenters. The van der Waals surface area contributed by atoms with Gasteiger partial charge in [0.05, 0.1) is 10.5 Å². The molecule has 1 amide bonds. The lowest BCUT2D eigenvalue weighted by Gasteiger charge is -2.17. The molecule has 28 heavy (non-hydrogen) atoms.